The fraction of sp³-hybridized carbons (Fsp3) is 0.150. The molecule has 4 N–H and O–H groups in total. The van der Waals surface area contributed by atoms with Crippen molar-refractivity contribution in [3.8, 4) is 11.5 Å². The third kappa shape index (κ3) is 3.92. The van der Waals surface area contributed by atoms with E-state index in [1.807, 2.05) is 6.92 Å². The van der Waals surface area contributed by atoms with Crippen molar-refractivity contribution < 1.29 is 33.1 Å². The molecule has 0 bridgehead atoms. The van der Waals surface area contributed by atoms with Gasteiger partial charge in [-0.15, -0.1) is 0 Å². The average molecular weight is 402 g/mol. The third-order valence-corrected chi connectivity index (χ3v) is 5.58. The van der Waals surface area contributed by atoms with Gasteiger partial charge >= 0.3 is 5.97 Å². The summed E-state index contributed by atoms with van der Waals surface area (Å²) in [4.78, 5) is 10.7. The van der Waals surface area contributed by atoms with E-state index >= 15 is 0 Å². The Morgan fingerprint density at radius 3 is 2.00 bits per heavy atom. The van der Waals surface area contributed by atoms with Crippen LogP contribution in [0, 0.1) is 0 Å². The van der Waals surface area contributed by atoms with Crippen molar-refractivity contribution >= 4 is 26.9 Å². The van der Waals surface area contributed by atoms with Crippen molar-refractivity contribution in [1.82, 2.24) is 0 Å². The second-order valence-corrected chi connectivity index (χ2v) is 8.05. The minimum Gasteiger partial charge on any atom is -0.504 e. The van der Waals surface area contributed by atoms with Gasteiger partial charge in [0, 0.05) is 0 Å². The van der Waals surface area contributed by atoms with Crippen LogP contribution in [0.15, 0.2) is 53.4 Å². The average Bonchev–Trinajstić information content (AvgIpc) is 2.61. The molecule has 0 amide bonds. The Balaban J connectivity index is 2.05. The van der Waals surface area contributed by atoms with Gasteiger partial charge in [0.15, 0.2) is 11.5 Å². The molecule has 3 aromatic carbocycles. The van der Waals surface area contributed by atoms with E-state index < -0.39 is 21.8 Å². The van der Waals surface area contributed by atoms with Crippen LogP contribution in [0.5, 0.6) is 11.5 Å². The summed E-state index contributed by atoms with van der Waals surface area (Å²) < 4.78 is 33.4. The van der Waals surface area contributed by atoms with Gasteiger partial charge in [-0.05, 0) is 70.6 Å². The smallest absolute Gasteiger partial charge is 0.335 e. The molecule has 0 saturated carbocycles. The molecule has 8 heteroatoms. The Kier molecular flexibility index (Phi) is 5.01. The van der Waals surface area contributed by atoms with Crippen LogP contribution >= 0.6 is 0 Å². The van der Waals surface area contributed by atoms with Gasteiger partial charge < -0.3 is 15.3 Å². The number of phenols is 2. The molecule has 0 aliphatic carbocycles. The predicted molar refractivity (Wildman–Crippen MR) is 103 cm³/mol. The van der Waals surface area contributed by atoms with E-state index in [1.165, 1.54) is 30.3 Å². The topological polar surface area (TPSA) is 132 Å². The normalized spacial score (nSPS) is 12.8. The van der Waals surface area contributed by atoms with Crippen LogP contribution in [0.1, 0.15) is 34.3 Å². The van der Waals surface area contributed by atoms with Crippen LogP contribution < -0.4 is 0 Å². The van der Waals surface area contributed by atoms with E-state index in [2.05, 4.69) is 0 Å². The highest BCUT2D eigenvalue weighted by molar-refractivity contribution is 7.85. The molecule has 1 atom stereocenters. The van der Waals surface area contributed by atoms with E-state index in [1.54, 1.807) is 18.2 Å². The molecule has 0 aliphatic heterocycles. The Labute approximate surface area is 161 Å². The molecular weight excluding hydrogens is 384 g/mol. The quantitative estimate of drug-likeness (QED) is 0.379. The molecule has 0 fully saturated rings. The first kappa shape index (κ1) is 19.7. The van der Waals surface area contributed by atoms with Gasteiger partial charge in [-0.3, -0.25) is 4.55 Å². The number of fused-ring (bicyclic) bond motifs is 1. The summed E-state index contributed by atoms with van der Waals surface area (Å²) >= 11 is 0. The molecule has 0 saturated heterocycles. The van der Waals surface area contributed by atoms with Crippen molar-refractivity contribution in [3.63, 3.8) is 0 Å². The number of hydrogen-bond donors (Lipinski definition) is 4. The molecule has 0 heterocycles. The number of carbonyl (C=O) groups is 1. The summed E-state index contributed by atoms with van der Waals surface area (Å²) in [5, 5.41) is 29.2. The Bertz CT molecular complexity index is 1170. The summed E-state index contributed by atoms with van der Waals surface area (Å²) in [6.07, 6.45) is 0.249. The minimum atomic E-state index is -4.52. The first-order chi connectivity index (χ1) is 13.1. The lowest BCUT2D eigenvalue weighted by molar-refractivity contribution is 0.0697. The Hall–Kier alpha value is -3.10. The summed E-state index contributed by atoms with van der Waals surface area (Å²) in [6, 6.07) is 11.6. The molecule has 7 nitrogen and oxygen atoms in total. The number of aromatic hydroxyl groups is 2. The lowest BCUT2D eigenvalue weighted by Crippen LogP contribution is -2.07. The zero-order valence-corrected chi connectivity index (χ0v) is 15.6. The van der Waals surface area contributed by atoms with Gasteiger partial charge in [0.25, 0.3) is 10.1 Å². The monoisotopic (exact) mass is 402 g/mol. The number of rotatable bonds is 5. The van der Waals surface area contributed by atoms with Crippen molar-refractivity contribution in [2.75, 3.05) is 0 Å². The molecular formula is C20H18O7S. The minimum absolute atomic E-state index is 0.149. The summed E-state index contributed by atoms with van der Waals surface area (Å²) in [6.45, 7) is 1.85. The van der Waals surface area contributed by atoms with Gasteiger partial charge in [-0.25, -0.2) is 4.79 Å². The summed E-state index contributed by atoms with van der Waals surface area (Å²) in [5.74, 6) is -1.94. The van der Waals surface area contributed by atoms with Crippen LogP contribution in [0.4, 0.5) is 0 Å². The number of benzene rings is 3. The second kappa shape index (κ2) is 7.14. The number of carboxylic acids is 1. The fourth-order valence-corrected chi connectivity index (χ4v) is 3.90. The molecule has 28 heavy (non-hydrogen) atoms. The largest absolute Gasteiger partial charge is 0.504 e. The van der Waals surface area contributed by atoms with Crippen LogP contribution in [-0.2, 0) is 16.5 Å². The first-order valence-corrected chi connectivity index (χ1v) is 9.79. The van der Waals surface area contributed by atoms with E-state index in [0.29, 0.717) is 16.3 Å². The Morgan fingerprint density at radius 2 is 1.50 bits per heavy atom. The van der Waals surface area contributed by atoms with E-state index in [-0.39, 0.29) is 28.5 Å². The van der Waals surface area contributed by atoms with Crippen molar-refractivity contribution in [3.05, 3.63) is 65.2 Å². The van der Waals surface area contributed by atoms with Crippen molar-refractivity contribution in [1.29, 1.82) is 0 Å². The molecule has 0 aromatic heterocycles. The van der Waals surface area contributed by atoms with Crippen molar-refractivity contribution in [2.45, 2.75) is 24.2 Å². The maximum atomic E-state index is 11.9. The van der Waals surface area contributed by atoms with E-state index in [9.17, 15) is 28.0 Å². The highest BCUT2D eigenvalue weighted by Gasteiger charge is 2.20. The zero-order chi connectivity index (χ0) is 20.6. The van der Waals surface area contributed by atoms with Gasteiger partial charge in [-0.2, -0.15) is 8.42 Å². The lowest BCUT2D eigenvalue weighted by Gasteiger charge is -2.16. The molecule has 0 radical (unpaired) electrons. The molecule has 0 spiro atoms. The molecule has 3 aromatic rings. The third-order valence-electron chi connectivity index (χ3n) is 4.64. The molecule has 146 valence electrons. The van der Waals surface area contributed by atoms with E-state index in [4.69, 9.17) is 5.11 Å². The predicted octanol–water partition coefficient (Wildman–Crippen LogP) is 3.54. The summed E-state index contributed by atoms with van der Waals surface area (Å²) in [5.41, 5.74) is 1.30. The first-order valence-electron chi connectivity index (χ1n) is 8.35. The van der Waals surface area contributed by atoms with Crippen LogP contribution in [-0.4, -0.2) is 34.3 Å². The second-order valence-electron chi connectivity index (χ2n) is 6.66. The molecule has 1 unspecified atom stereocenters. The van der Waals surface area contributed by atoms with Crippen LogP contribution in [0.3, 0.4) is 0 Å². The lowest BCUT2D eigenvalue weighted by atomic mass is 9.92. The SMILES string of the molecule is CC(Cc1cc2cc(O)c(O)cc2cc1S(=O)(=O)O)c1ccc(C(=O)O)cc1. The standard InChI is InChI=1S/C20H18O7S/c1-11(12-2-4-13(5-3-12)20(23)24)6-16-7-14-8-17(21)18(22)9-15(14)10-19(16)28(25,26)27/h2-5,7-11,21-22H,6H2,1H3,(H,23,24)(H,25,26,27). The maximum absolute atomic E-state index is 11.9. The number of hydrogen-bond acceptors (Lipinski definition) is 5. The number of aromatic carboxylic acids is 1. The van der Waals surface area contributed by atoms with Crippen molar-refractivity contribution in [2.24, 2.45) is 0 Å². The van der Waals surface area contributed by atoms with Gasteiger partial charge in [-0.1, -0.05) is 19.1 Å². The molecule has 3 rings (SSSR count). The van der Waals surface area contributed by atoms with Gasteiger partial charge in [0.2, 0.25) is 0 Å². The summed E-state index contributed by atoms with van der Waals surface area (Å²) in [7, 11) is -4.52. The zero-order valence-electron chi connectivity index (χ0n) is 14.8. The van der Waals surface area contributed by atoms with Crippen LogP contribution in [0.2, 0.25) is 0 Å². The highest BCUT2D eigenvalue weighted by Crippen LogP contribution is 2.34. The number of phenolic OH excluding ortho intramolecular Hbond substituents is 2. The van der Waals surface area contributed by atoms with Gasteiger partial charge in [0.05, 0.1) is 10.5 Å². The highest BCUT2D eigenvalue weighted by atomic mass is 32.2. The Morgan fingerprint density at radius 1 is 0.964 bits per heavy atom. The fourth-order valence-electron chi connectivity index (χ4n) is 3.15. The van der Waals surface area contributed by atoms with Gasteiger partial charge in [0.1, 0.15) is 0 Å². The van der Waals surface area contributed by atoms with E-state index in [0.717, 1.165) is 5.56 Å². The van der Waals surface area contributed by atoms with Crippen LogP contribution in [0.25, 0.3) is 10.8 Å². The number of carboxylic acid groups (broad SMARTS) is 1. The molecule has 0 aliphatic rings. The maximum Gasteiger partial charge on any atom is 0.335 e.